The van der Waals surface area contributed by atoms with Gasteiger partial charge >= 0.3 is 0 Å². The molecule has 5 rings (SSSR count). The second-order valence-corrected chi connectivity index (χ2v) is 9.81. The Balaban J connectivity index is 1.49. The van der Waals surface area contributed by atoms with E-state index in [4.69, 9.17) is 0 Å². The summed E-state index contributed by atoms with van der Waals surface area (Å²) in [7, 11) is 0. The summed E-state index contributed by atoms with van der Waals surface area (Å²) in [6.07, 6.45) is 15.5. The maximum atomic E-state index is 12.5. The second-order valence-electron chi connectivity index (χ2n) is 9.81. The molecule has 0 radical (unpaired) electrons. The Morgan fingerprint density at radius 3 is 2.75 bits per heavy atom. The summed E-state index contributed by atoms with van der Waals surface area (Å²) in [5.74, 6) is 2.47. The molecule has 0 unspecified atom stereocenters. The van der Waals surface area contributed by atoms with Gasteiger partial charge in [0.05, 0.1) is 0 Å². The van der Waals surface area contributed by atoms with Crippen LogP contribution in [0.2, 0.25) is 0 Å². The lowest BCUT2D eigenvalue weighted by molar-refractivity contribution is -0.136. The Morgan fingerprint density at radius 2 is 2.00 bits per heavy atom. The molecule has 3 aliphatic carbocycles. The summed E-state index contributed by atoms with van der Waals surface area (Å²) < 4.78 is 0. The number of piperidine rings is 1. The molecule has 1 aromatic heterocycles. The smallest absolute Gasteiger partial charge is 0.226 e. The minimum atomic E-state index is 0.172. The summed E-state index contributed by atoms with van der Waals surface area (Å²) >= 11 is 0. The zero-order valence-corrected chi connectivity index (χ0v) is 17.4. The summed E-state index contributed by atoms with van der Waals surface area (Å²) in [5.41, 5.74) is 4.61. The van der Waals surface area contributed by atoms with E-state index in [-0.39, 0.29) is 10.8 Å². The van der Waals surface area contributed by atoms with Crippen LogP contribution in [0.4, 0.5) is 0 Å². The molecule has 1 saturated heterocycles. The first kappa shape index (κ1) is 18.1. The van der Waals surface area contributed by atoms with Crippen LogP contribution in [0.15, 0.2) is 42.4 Å². The lowest BCUT2D eigenvalue weighted by Crippen LogP contribution is -2.53. The SMILES string of the molecule is CCN1C(=O)CC[C@@]2(C)C1=CC[C@@H]1[C@@H]2CC[C@]2(C)C(c3cccnc3)=CC[C@@H]12. The van der Waals surface area contributed by atoms with Gasteiger partial charge in [0.25, 0.3) is 0 Å². The van der Waals surface area contributed by atoms with Crippen molar-refractivity contribution in [1.82, 2.24) is 9.88 Å². The largest absolute Gasteiger partial charge is 0.316 e. The Labute approximate surface area is 168 Å². The van der Waals surface area contributed by atoms with Gasteiger partial charge in [-0.3, -0.25) is 9.78 Å². The Hall–Kier alpha value is -1.90. The van der Waals surface area contributed by atoms with Crippen LogP contribution in [0.5, 0.6) is 0 Å². The van der Waals surface area contributed by atoms with Crippen LogP contribution in [0.25, 0.3) is 5.57 Å². The molecule has 0 N–H and O–H groups in total. The number of hydrogen-bond acceptors (Lipinski definition) is 2. The van der Waals surface area contributed by atoms with Gasteiger partial charge in [0, 0.05) is 36.5 Å². The van der Waals surface area contributed by atoms with Crippen molar-refractivity contribution in [3.8, 4) is 0 Å². The normalized spacial score (nSPS) is 39.6. The van der Waals surface area contributed by atoms with Gasteiger partial charge in [0.2, 0.25) is 5.91 Å². The minimum absolute atomic E-state index is 0.172. The third-order valence-corrected chi connectivity index (χ3v) is 8.74. The highest BCUT2D eigenvalue weighted by Gasteiger charge is 2.57. The molecule has 1 saturated carbocycles. The van der Waals surface area contributed by atoms with Crippen LogP contribution in [0, 0.1) is 28.6 Å². The molecule has 2 fully saturated rings. The highest BCUT2D eigenvalue weighted by Crippen LogP contribution is 2.66. The van der Waals surface area contributed by atoms with E-state index in [0.29, 0.717) is 24.2 Å². The molecule has 1 amide bonds. The van der Waals surface area contributed by atoms with Crippen molar-refractivity contribution in [2.75, 3.05) is 6.54 Å². The molecule has 0 spiro atoms. The number of allylic oxidation sites excluding steroid dienone is 4. The molecule has 28 heavy (non-hydrogen) atoms. The number of likely N-dealkylation sites (tertiary alicyclic amines) is 1. The molecule has 1 aromatic rings. The van der Waals surface area contributed by atoms with Crippen LogP contribution in [0.1, 0.15) is 64.9 Å². The fraction of sp³-hybridized carbons (Fsp3) is 0.600. The minimum Gasteiger partial charge on any atom is -0.316 e. The number of pyridine rings is 1. The number of nitrogens with zero attached hydrogens (tertiary/aromatic N) is 2. The first-order chi connectivity index (χ1) is 13.5. The maximum Gasteiger partial charge on any atom is 0.226 e. The molecule has 3 heteroatoms. The summed E-state index contributed by atoms with van der Waals surface area (Å²) in [6.45, 7) is 7.89. The van der Waals surface area contributed by atoms with Gasteiger partial charge in [-0.2, -0.15) is 0 Å². The van der Waals surface area contributed by atoms with Crippen molar-refractivity contribution < 1.29 is 4.79 Å². The third-order valence-electron chi connectivity index (χ3n) is 8.74. The van der Waals surface area contributed by atoms with E-state index in [1.54, 1.807) is 0 Å². The third kappa shape index (κ3) is 2.34. The lowest BCUT2D eigenvalue weighted by Gasteiger charge is -2.58. The van der Waals surface area contributed by atoms with E-state index in [1.807, 2.05) is 12.4 Å². The van der Waals surface area contributed by atoms with Crippen molar-refractivity contribution in [1.29, 1.82) is 0 Å². The highest BCUT2D eigenvalue weighted by molar-refractivity contribution is 5.80. The number of fused-ring (bicyclic) bond motifs is 5. The predicted octanol–water partition coefficient (Wildman–Crippen LogP) is 5.45. The first-order valence-corrected chi connectivity index (χ1v) is 11.1. The number of aromatic nitrogens is 1. The first-order valence-electron chi connectivity index (χ1n) is 11.1. The van der Waals surface area contributed by atoms with Crippen LogP contribution in [-0.2, 0) is 4.79 Å². The van der Waals surface area contributed by atoms with Gasteiger partial charge < -0.3 is 4.90 Å². The monoisotopic (exact) mass is 376 g/mol. The number of rotatable bonds is 2. The van der Waals surface area contributed by atoms with Crippen molar-refractivity contribution in [2.24, 2.45) is 28.6 Å². The average Bonchev–Trinajstić information content (AvgIpc) is 3.06. The average molecular weight is 377 g/mol. The van der Waals surface area contributed by atoms with E-state index in [0.717, 1.165) is 25.3 Å². The molecule has 5 atom stereocenters. The standard InChI is InChI=1S/C25H32N2O/c1-4-27-22-10-7-18-20-9-8-19(17-6-5-15-26-16-17)24(20,2)13-11-21(18)25(22,3)14-12-23(27)28/h5-6,8,10,15-16,18,20-21H,4,7,9,11-14H2,1-3H3/t18-,20-,21-,24+,25+/m0/s1. The van der Waals surface area contributed by atoms with Crippen LogP contribution in [-0.4, -0.2) is 22.3 Å². The molecule has 4 aliphatic rings. The zero-order valence-electron chi connectivity index (χ0n) is 17.4. The van der Waals surface area contributed by atoms with Gasteiger partial charge in [-0.05, 0) is 79.4 Å². The maximum absolute atomic E-state index is 12.5. The zero-order chi connectivity index (χ0) is 19.5. The molecule has 1 aliphatic heterocycles. The van der Waals surface area contributed by atoms with E-state index in [9.17, 15) is 4.79 Å². The molecule has 0 aromatic carbocycles. The molecule has 2 heterocycles. The Kier molecular flexibility index (Phi) is 4.08. The van der Waals surface area contributed by atoms with Crippen LogP contribution in [0.3, 0.4) is 0 Å². The predicted molar refractivity (Wildman–Crippen MR) is 112 cm³/mol. The van der Waals surface area contributed by atoms with Crippen molar-refractivity contribution in [3.63, 3.8) is 0 Å². The lowest BCUT2D eigenvalue weighted by atomic mass is 9.49. The van der Waals surface area contributed by atoms with E-state index >= 15 is 0 Å². The number of amides is 1. The summed E-state index contributed by atoms with van der Waals surface area (Å²) in [4.78, 5) is 19.0. The summed E-state index contributed by atoms with van der Waals surface area (Å²) in [5, 5.41) is 0. The van der Waals surface area contributed by atoms with Crippen LogP contribution >= 0.6 is 0 Å². The Morgan fingerprint density at radius 1 is 1.14 bits per heavy atom. The van der Waals surface area contributed by atoms with Gasteiger partial charge in [-0.1, -0.05) is 32.1 Å². The van der Waals surface area contributed by atoms with Crippen molar-refractivity contribution in [2.45, 2.75) is 59.3 Å². The molecular weight excluding hydrogens is 344 g/mol. The van der Waals surface area contributed by atoms with Crippen molar-refractivity contribution >= 4 is 11.5 Å². The molecule has 0 bridgehead atoms. The Bertz CT molecular complexity index is 857. The number of hydrogen-bond donors (Lipinski definition) is 0. The number of carbonyl (C=O) groups excluding carboxylic acids is 1. The topological polar surface area (TPSA) is 33.2 Å². The molecule has 148 valence electrons. The number of carbonyl (C=O) groups is 1. The van der Waals surface area contributed by atoms with E-state index < -0.39 is 0 Å². The van der Waals surface area contributed by atoms with Crippen molar-refractivity contribution in [3.05, 3.63) is 47.9 Å². The van der Waals surface area contributed by atoms with Gasteiger partial charge in [0.1, 0.15) is 0 Å². The fourth-order valence-electron chi connectivity index (χ4n) is 7.33. The molecular formula is C25H32N2O. The fourth-order valence-corrected chi connectivity index (χ4v) is 7.33. The highest BCUT2D eigenvalue weighted by atomic mass is 16.2. The molecule has 3 nitrogen and oxygen atoms in total. The van der Waals surface area contributed by atoms with E-state index in [1.165, 1.54) is 36.1 Å². The summed E-state index contributed by atoms with van der Waals surface area (Å²) in [6, 6.07) is 4.29. The van der Waals surface area contributed by atoms with E-state index in [2.05, 4.69) is 54.9 Å². The van der Waals surface area contributed by atoms with Gasteiger partial charge in [0.15, 0.2) is 0 Å². The van der Waals surface area contributed by atoms with Gasteiger partial charge in [-0.15, -0.1) is 0 Å². The quantitative estimate of drug-likeness (QED) is 0.687. The second kappa shape index (κ2) is 6.30. The van der Waals surface area contributed by atoms with Crippen LogP contribution < -0.4 is 0 Å². The van der Waals surface area contributed by atoms with Gasteiger partial charge in [-0.25, -0.2) is 0 Å².